The smallest absolute Gasteiger partial charge is 0.323 e. The Balaban J connectivity index is 1.45. The first kappa shape index (κ1) is 20.3. The van der Waals surface area contributed by atoms with Crippen LogP contribution in [-0.2, 0) is 0 Å². The van der Waals surface area contributed by atoms with Crippen molar-refractivity contribution in [3.8, 4) is 5.88 Å². The Bertz CT molecular complexity index is 1060. The average Bonchev–Trinajstić information content (AvgIpc) is 3.06. The van der Waals surface area contributed by atoms with E-state index in [2.05, 4.69) is 20.2 Å². The summed E-state index contributed by atoms with van der Waals surface area (Å²) >= 11 is 1.52. The maximum absolute atomic E-state index is 13.7. The number of aryl methyl sites for hydroxylation is 2. The topological polar surface area (TPSA) is 70.6 Å². The molecular formula is C21H24FN5O2S. The Kier molecular flexibility index (Phi) is 5.72. The summed E-state index contributed by atoms with van der Waals surface area (Å²) in [7, 11) is 0. The number of aromatic nitrogens is 2. The molecule has 3 heterocycles. The van der Waals surface area contributed by atoms with E-state index in [0.29, 0.717) is 44.5 Å². The Hall–Kier alpha value is -2.94. The quantitative estimate of drug-likeness (QED) is 0.673. The number of thiophene rings is 1. The van der Waals surface area contributed by atoms with Gasteiger partial charge >= 0.3 is 6.03 Å². The predicted octanol–water partition coefficient (Wildman–Crippen LogP) is 4.20. The first-order chi connectivity index (χ1) is 14.4. The van der Waals surface area contributed by atoms with Crippen LogP contribution >= 0.6 is 11.3 Å². The monoisotopic (exact) mass is 429 g/mol. The lowest BCUT2D eigenvalue weighted by Crippen LogP contribution is -2.50. The molecule has 0 spiro atoms. The van der Waals surface area contributed by atoms with Crippen molar-refractivity contribution in [2.24, 2.45) is 0 Å². The molecule has 0 aliphatic carbocycles. The van der Waals surface area contributed by atoms with Crippen molar-refractivity contribution >= 4 is 39.2 Å². The molecule has 1 aliphatic rings. The summed E-state index contributed by atoms with van der Waals surface area (Å²) < 4.78 is 19.3. The number of piperazine rings is 1. The summed E-state index contributed by atoms with van der Waals surface area (Å²) in [6.07, 6.45) is 0. The molecule has 0 saturated carbocycles. The van der Waals surface area contributed by atoms with Gasteiger partial charge in [-0.1, -0.05) is 0 Å². The first-order valence-electron chi connectivity index (χ1n) is 9.92. The number of amides is 2. The molecule has 0 unspecified atom stereocenters. The van der Waals surface area contributed by atoms with Crippen molar-refractivity contribution in [1.82, 2.24) is 14.9 Å². The molecule has 1 aromatic carbocycles. The minimum atomic E-state index is -0.244. The molecule has 1 aliphatic heterocycles. The van der Waals surface area contributed by atoms with Crippen LogP contribution in [0, 0.1) is 19.7 Å². The van der Waals surface area contributed by atoms with E-state index in [-0.39, 0.29) is 11.8 Å². The molecule has 2 aromatic heterocycles. The molecule has 1 saturated heterocycles. The third-order valence-corrected chi connectivity index (χ3v) is 5.85. The number of rotatable bonds is 4. The molecule has 1 fully saturated rings. The van der Waals surface area contributed by atoms with Crippen LogP contribution in [0.15, 0.2) is 24.3 Å². The minimum Gasteiger partial charge on any atom is -0.475 e. The lowest BCUT2D eigenvalue weighted by molar-refractivity contribution is 0.208. The molecular weight excluding hydrogens is 405 g/mol. The number of carbonyl (C=O) groups is 1. The van der Waals surface area contributed by atoms with Gasteiger partial charge < -0.3 is 14.5 Å². The lowest BCUT2D eigenvalue weighted by Gasteiger charge is -2.36. The zero-order valence-corrected chi connectivity index (χ0v) is 18.1. The van der Waals surface area contributed by atoms with Crippen LogP contribution < -0.4 is 15.0 Å². The Morgan fingerprint density at radius 1 is 1.17 bits per heavy atom. The summed E-state index contributed by atoms with van der Waals surface area (Å²) in [6.45, 7) is 8.47. The fraction of sp³-hybridized carbons (Fsp3) is 0.381. The predicted molar refractivity (Wildman–Crippen MR) is 117 cm³/mol. The van der Waals surface area contributed by atoms with Crippen LogP contribution in [0.5, 0.6) is 5.88 Å². The van der Waals surface area contributed by atoms with Crippen molar-refractivity contribution in [2.45, 2.75) is 20.8 Å². The molecule has 0 radical (unpaired) electrons. The van der Waals surface area contributed by atoms with E-state index < -0.39 is 0 Å². The van der Waals surface area contributed by atoms with Gasteiger partial charge in [0.2, 0.25) is 0 Å². The standard InChI is InChI=1S/C21H24FN5O2S/c1-4-29-19-18(24-20-17(23-19)11-14(3)30-20)25-21(28)27-7-5-26(6-8-27)16-10-13(2)9-15(22)12-16/h9-12H,4-8H2,1-3H3,(H,24,25,28). The highest BCUT2D eigenvalue weighted by molar-refractivity contribution is 7.18. The van der Waals surface area contributed by atoms with Gasteiger partial charge in [0.25, 0.3) is 5.88 Å². The van der Waals surface area contributed by atoms with Gasteiger partial charge in [-0.15, -0.1) is 11.3 Å². The molecule has 4 rings (SSSR count). The van der Waals surface area contributed by atoms with Crippen molar-refractivity contribution in [2.75, 3.05) is 43.0 Å². The molecule has 158 valence electrons. The van der Waals surface area contributed by atoms with Gasteiger partial charge in [0.1, 0.15) is 16.2 Å². The number of nitrogens with one attached hydrogen (secondary N) is 1. The van der Waals surface area contributed by atoms with E-state index in [4.69, 9.17) is 4.74 Å². The number of hydrogen-bond acceptors (Lipinski definition) is 6. The van der Waals surface area contributed by atoms with Gasteiger partial charge in [0.15, 0.2) is 5.82 Å². The molecule has 0 bridgehead atoms. The third-order valence-electron chi connectivity index (χ3n) is 4.92. The van der Waals surface area contributed by atoms with E-state index in [1.165, 1.54) is 23.5 Å². The highest BCUT2D eigenvalue weighted by Crippen LogP contribution is 2.29. The highest BCUT2D eigenvalue weighted by Gasteiger charge is 2.24. The van der Waals surface area contributed by atoms with Crippen LogP contribution in [0.2, 0.25) is 0 Å². The highest BCUT2D eigenvalue weighted by atomic mass is 32.1. The zero-order valence-electron chi connectivity index (χ0n) is 17.2. The van der Waals surface area contributed by atoms with E-state index in [0.717, 1.165) is 26.5 Å². The van der Waals surface area contributed by atoms with Crippen molar-refractivity contribution in [3.05, 3.63) is 40.5 Å². The molecule has 0 atom stereocenters. The number of carbonyl (C=O) groups excluding carboxylic acids is 1. The molecule has 1 N–H and O–H groups in total. The summed E-state index contributed by atoms with van der Waals surface area (Å²) in [4.78, 5) is 27.6. The number of halogens is 1. The Morgan fingerprint density at radius 2 is 1.93 bits per heavy atom. The second-order valence-electron chi connectivity index (χ2n) is 7.25. The SMILES string of the molecule is CCOc1nc2cc(C)sc2nc1NC(=O)N1CCN(c2cc(C)cc(F)c2)CC1. The van der Waals surface area contributed by atoms with E-state index in [9.17, 15) is 9.18 Å². The lowest BCUT2D eigenvalue weighted by atomic mass is 10.2. The van der Waals surface area contributed by atoms with Crippen molar-refractivity contribution in [1.29, 1.82) is 0 Å². The third kappa shape index (κ3) is 4.30. The summed E-state index contributed by atoms with van der Waals surface area (Å²) in [6, 6.07) is 6.71. The van der Waals surface area contributed by atoms with Crippen LogP contribution in [0.4, 0.5) is 20.7 Å². The normalized spacial score (nSPS) is 14.3. The molecule has 3 aromatic rings. The number of fused-ring (bicyclic) bond motifs is 1. The van der Waals surface area contributed by atoms with Gasteiger partial charge in [0, 0.05) is 36.7 Å². The Labute approximate surface area is 178 Å². The second-order valence-corrected chi connectivity index (χ2v) is 8.48. The van der Waals surface area contributed by atoms with Gasteiger partial charge in [-0.05, 0) is 50.6 Å². The average molecular weight is 430 g/mol. The minimum absolute atomic E-state index is 0.243. The first-order valence-corrected chi connectivity index (χ1v) is 10.7. The number of nitrogens with zero attached hydrogens (tertiary/aromatic N) is 4. The van der Waals surface area contributed by atoms with Crippen LogP contribution in [0.1, 0.15) is 17.4 Å². The van der Waals surface area contributed by atoms with Gasteiger partial charge in [0.05, 0.1) is 6.61 Å². The van der Waals surface area contributed by atoms with Gasteiger partial charge in [-0.3, -0.25) is 5.32 Å². The van der Waals surface area contributed by atoms with Crippen molar-refractivity contribution < 1.29 is 13.9 Å². The fourth-order valence-corrected chi connectivity index (χ4v) is 4.35. The molecule has 9 heteroatoms. The van der Waals surface area contributed by atoms with Crippen LogP contribution in [0.3, 0.4) is 0 Å². The largest absolute Gasteiger partial charge is 0.475 e. The van der Waals surface area contributed by atoms with E-state index in [1.54, 1.807) is 4.90 Å². The molecule has 30 heavy (non-hydrogen) atoms. The number of urea groups is 1. The number of ether oxygens (including phenoxy) is 1. The Morgan fingerprint density at radius 3 is 2.63 bits per heavy atom. The maximum atomic E-state index is 13.7. The van der Waals surface area contributed by atoms with Crippen molar-refractivity contribution in [3.63, 3.8) is 0 Å². The summed E-state index contributed by atoms with van der Waals surface area (Å²) in [5.41, 5.74) is 2.49. The zero-order chi connectivity index (χ0) is 21.3. The van der Waals surface area contributed by atoms with E-state index in [1.807, 2.05) is 32.9 Å². The maximum Gasteiger partial charge on any atom is 0.323 e. The second kappa shape index (κ2) is 8.43. The van der Waals surface area contributed by atoms with Gasteiger partial charge in [-0.2, -0.15) is 0 Å². The summed E-state index contributed by atoms with van der Waals surface area (Å²) in [5, 5.41) is 2.86. The number of anilines is 2. The van der Waals surface area contributed by atoms with Gasteiger partial charge in [-0.25, -0.2) is 19.2 Å². The summed E-state index contributed by atoms with van der Waals surface area (Å²) in [5.74, 6) is 0.413. The number of benzene rings is 1. The fourth-order valence-electron chi connectivity index (χ4n) is 3.53. The molecule has 7 nitrogen and oxygen atoms in total. The van der Waals surface area contributed by atoms with Crippen LogP contribution in [0.25, 0.3) is 10.3 Å². The van der Waals surface area contributed by atoms with E-state index >= 15 is 0 Å². The molecule has 2 amide bonds. The van der Waals surface area contributed by atoms with Crippen LogP contribution in [-0.4, -0.2) is 53.7 Å². The number of hydrogen-bond donors (Lipinski definition) is 1.